The van der Waals surface area contributed by atoms with E-state index in [9.17, 15) is 10.2 Å². The lowest BCUT2D eigenvalue weighted by molar-refractivity contribution is 0.275. The lowest BCUT2D eigenvalue weighted by atomic mass is 10.1. The maximum absolute atomic E-state index is 9.87. The van der Waals surface area contributed by atoms with Crippen molar-refractivity contribution in [1.82, 2.24) is 5.32 Å². The summed E-state index contributed by atoms with van der Waals surface area (Å²) in [5.74, 6) is 0.358. The van der Waals surface area contributed by atoms with Gasteiger partial charge in [0.1, 0.15) is 5.75 Å². The quantitative estimate of drug-likeness (QED) is 0.727. The summed E-state index contributed by atoms with van der Waals surface area (Å²) in [6, 6.07) is 5.94. The van der Waals surface area contributed by atoms with Gasteiger partial charge >= 0.3 is 0 Å². The molecule has 0 aliphatic carbocycles. The zero-order valence-corrected chi connectivity index (χ0v) is 11.4. The van der Waals surface area contributed by atoms with Crippen molar-refractivity contribution in [2.24, 2.45) is 0 Å². The summed E-state index contributed by atoms with van der Waals surface area (Å²) in [4.78, 5) is 0. The van der Waals surface area contributed by atoms with Crippen LogP contribution in [0.15, 0.2) is 18.2 Å². The normalized spacial score (nSPS) is 14.6. The molecule has 0 aliphatic rings. The van der Waals surface area contributed by atoms with Crippen molar-refractivity contribution >= 4 is 11.8 Å². The van der Waals surface area contributed by atoms with Crippen LogP contribution in [0.4, 0.5) is 0 Å². The molecule has 1 aromatic carbocycles. The minimum absolute atomic E-state index is 0.162. The molecule has 0 amide bonds. The van der Waals surface area contributed by atoms with Gasteiger partial charge in [0.25, 0.3) is 0 Å². The van der Waals surface area contributed by atoms with Gasteiger partial charge in [-0.3, -0.25) is 0 Å². The molecule has 0 aliphatic heterocycles. The van der Waals surface area contributed by atoms with Gasteiger partial charge in [-0.1, -0.05) is 18.2 Å². The van der Waals surface area contributed by atoms with Crippen LogP contribution in [-0.4, -0.2) is 34.4 Å². The topological polar surface area (TPSA) is 52.5 Å². The number of phenolic OH excluding ortho intramolecular Hbond substituents is 1. The summed E-state index contributed by atoms with van der Waals surface area (Å²) in [5.41, 5.74) is 1.79. The second kappa shape index (κ2) is 6.89. The van der Waals surface area contributed by atoms with Crippen LogP contribution in [0.25, 0.3) is 0 Å². The number of para-hydroxylation sites is 1. The molecule has 0 aromatic heterocycles. The fourth-order valence-electron chi connectivity index (χ4n) is 1.70. The Morgan fingerprint density at radius 3 is 2.71 bits per heavy atom. The largest absolute Gasteiger partial charge is 0.507 e. The third-order valence-corrected chi connectivity index (χ3v) is 4.14. The molecule has 4 heteroatoms. The molecule has 0 saturated carbocycles. The van der Waals surface area contributed by atoms with Crippen molar-refractivity contribution < 1.29 is 10.2 Å². The highest BCUT2D eigenvalue weighted by atomic mass is 32.2. The van der Waals surface area contributed by atoms with E-state index in [0.29, 0.717) is 12.3 Å². The van der Waals surface area contributed by atoms with Gasteiger partial charge in [-0.05, 0) is 25.7 Å². The van der Waals surface area contributed by atoms with Crippen molar-refractivity contribution in [3.63, 3.8) is 0 Å². The van der Waals surface area contributed by atoms with Gasteiger partial charge in [-0.15, -0.1) is 0 Å². The number of hydrogen-bond acceptors (Lipinski definition) is 4. The third kappa shape index (κ3) is 3.91. The molecule has 1 aromatic rings. The van der Waals surface area contributed by atoms with E-state index in [2.05, 4.69) is 5.32 Å². The van der Waals surface area contributed by atoms with E-state index < -0.39 is 0 Å². The molecule has 3 nitrogen and oxygen atoms in total. The van der Waals surface area contributed by atoms with Crippen LogP contribution < -0.4 is 5.32 Å². The molecule has 2 atom stereocenters. The van der Waals surface area contributed by atoms with Gasteiger partial charge in [-0.25, -0.2) is 0 Å². The summed E-state index contributed by atoms with van der Waals surface area (Å²) in [6.45, 7) is 4.71. The molecule has 0 saturated heterocycles. The fraction of sp³-hybridized carbons (Fsp3) is 0.538. The van der Waals surface area contributed by atoms with E-state index in [4.69, 9.17) is 0 Å². The summed E-state index contributed by atoms with van der Waals surface area (Å²) >= 11 is 1.65. The van der Waals surface area contributed by atoms with Crippen molar-refractivity contribution in [1.29, 1.82) is 0 Å². The number of aryl methyl sites for hydroxylation is 1. The fourth-order valence-corrected chi connectivity index (χ4v) is 2.36. The highest BCUT2D eigenvalue weighted by Gasteiger charge is 2.15. The first-order valence-electron chi connectivity index (χ1n) is 5.74. The smallest absolute Gasteiger partial charge is 0.122 e. The van der Waals surface area contributed by atoms with Crippen LogP contribution in [0.1, 0.15) is 18.1 Å². The number of aliphatic hydroxyl groups excluding tert-OH is 1. The van der Waals surface area contributed by atoms with E-state index in [-0.39, 0.29) is 17.9 Å². The summed E-state index contributed by atoms with van der Waals surface area (Å²) in [6.07, 6.45) is 1.99. The van der Waals surface area contributed by atoms with Crippen LogP contribution >= 0.6 is 11.8 Å². The van der Waals surface area contributed by atoms with Crippen molar-refractivity contribution in [3.8, 4) is 5.75 Å². The average Bonchev–Trinajstić information content (AvgIpc) is 2.32. The number of nitrogens with one attached hydrogen (secondary N) is 1. The third-order valence-electron chi connectivity index (χ3n) is 2.98. The van der Waals surface area contributed by atoms with Gasteiger partial charge in [0.15, 0.2) is 0 Å². The van der Waals surface area contributed by atoms with Gasteiger partial charge < -0.3 is 15.5 Å². The molecule has 17 heavy (non-hydrogen) atoms. The van der Waals surface area contributed by atoms with E-state index in [1.54, 1.807) is 11.8 Å². The van der Waals surface area contributed by atoms with Crippen LogP contribution in [0.3, 0.4) is 0 Å². The standard InChI is InChI=1S/C13H21NO2S/c1-9-5-4-6-11(13(9)16)7-14-10(2)12(8-15)17-3/h4-6,10,12,14-16H,7-8H2,1-3H3. The Kier molecular flexibility index (Phi) is 5.82. The number of hydrogen-bond donors (Lipinski definition) is 3. The monoisotopic (exact) mass is 255 g/mol. The van der Waals surface area contributed by atoms with Crippen molar-refractivity contribution in [2.45, 2.75) is 31.7 Å². The predicted octanol–water partition coefficient (Wildman–Crippen LogP) is 1.90. The Morgan fingerprint density at radius 2 is 2.12 bits per heavy atom. The number of thioether (sulfide) groups is 1. The summed E-state index contributed by atoms with van der Waals surface area (Å²) < 4.78 is 0. The Bertz CT molecular complexity index is 353. The minimum atomic E-state index is 0.162. The van der Waals surface area contributed by atoms with E-state index >= 15 is 0 Å². The van der Waals surface area contributed by atoms with Crippen LogP contribution in [0, 0.1) is 6.92 Å². The van der Waals surface area contributed by atoms with Gasteiger partial charge in [-0.2, -0.15) is 11.8 Å². The van der Waals surface area contributed by atoms with Crippen molar-refractivity contribution in [3.05, 3.63) is 29.3 Å². The molecule has 2 unspecified atom stereocenters. The van der Waals surface area contributed by atoms with Gasteiger partial charge in [0.05, 0.1) is 6.61 Å². The molecule has 96 valence electrons. The Hall–Kier alpha value is -0.710. The molecule has 0 fully saturated rings. The molecule has 0 radical (unpaired) electrons. The number of rotatable bonds is 6. The maximum Gasteiger partial charge on any atom is 0.122 e. The maximum atomic E-state index is 9.87. The Morgan fingerprint density at radius 1 is 1.41 bits per heavy atom. The minimum Gasteiger partial charge on any atom is -0.507 e. The first-order valence-corrected chi connectivity index (χ1v) is 7.03. The zero-order valence-electron chi connectivity index (χ0n) is 10.6. The van der Waals surface area contributed by atoms with E-state index in [0.717, 1.165) is 11.1 Å². The van der Waals surface area contributed by atoms with E-state index in [1.807, 2.05) is 38.3 Å². The predicted molar refractivity (Wildman–Crippen MR) is 73.5 cm³/mol. The second-order valence-corrected chi connectivity index (χ2v) is 5.29. The number of benzene rings is 1. The first kappa shape index (κ1) is 14.4. The molecule has 3 N–H and O–H groups in total. The molecule has 0 spiro atoms. The summed E-state index contributed by atoms with van der Waals surface area (Å²) in [5, 5.41) is 22.6. The number of aromatic hydroxyl groups is 1. The molecule has 1 rings (SSSR count). The van der Waals surface area contributed by atoms with E-state index in [1.165, 1.54) is 0 Å². The zero-order chi connectivity index (χ0) is 12.8. The molecule has 0 bridgehead atoms. The molecular weight excluding hydrogens is 234 g/mol. The Labute approximate surface area is 107 Å². The van der Waals surface area contributed by atoms with Crippen molar-refractivity contribution in [2.75, 3.05) is 12.9 Å². The lowest BCUT2D eigenvalue weighted by Gasteiger charge is -2.21. The first-order chi connectivity index (χ1) is 8.10. The molecule has 0 heterocycles. The SMILES string of the molecule is CSC(CO)C(C)NCc1cccc(C)c1O. The summed E-state index contributed by atoms with van der Waals surface area (Å²) in [7, 11) is 0. The highest BCUT2D eigenvalue weighted by molar-refractivity contribution is 7.99. The van der Waals surface area contributed by atoms with Crippen LogP contribution in [-0.2, 0) is 6.54 Å². The number of phenols is 1. The van der Waals surface area contributed by atoms with Gasteiger partial charge in [0, 0.05) is 23.4 Å². The van der Waals surface area contributed by atoms with Crippen LogP contribution in [0.2, 0.25) is 0 Å². The number of aliphatic hydroxyl groups is 1. The molecular formula is C13H21NO2S. The van der Waals surface area contributed by atoms with Crippen LogP contribution in [0.5, 0.6) is 5.75 Å². The average molecular weight is 255 g/mol. The lowest BCUT2D eigenvalue weighted by Crippen LogP contribution is -2.37. The van der Waals surface area contributed by atoms with Gasteiger partial charge in [0.2, 0.25) is 0 Å². The Balaban J connectivity index is 2.58. The highest BCUT2D eigenvalue weighted by Crippen LogP contribution is 2.21. The second-order valence-electron chi connectivity index (χ2n) is 4.21.